The van der Waals surface area contributed by atoms with Gasteiger partial charge >= 0.3 is 6.09 Å². The first kappa shape index (κ1) is 11.6. The number of rotatable bonds is 4. The van der Waals surface area contributed by atoms with E-state index in [0.29, 0.717) is 19.4 Å². The summed E-state index contributed by atoms with van der Waals surface area (Å²) in [7, 11) is 0. The van der Waals surface area contributed by atoms with Crippen molar-refractivity contribution >= 4 is 12.0 Å². The average molecular weight is 234 g/mol. The van der Waals surface area contributed by atoms with Crippen LogP contribution in [0.2, 0.25) is 0 Å². The topological polar surface area (TPSA) is 59.5 Å². The number of ether oxygens (including phenoxy) is 1. The quantitative estimate of drug-likeness (QED) is 0.789. The van der Waals surface area contributed by atoms with Gasteiger partial charge in [0.15, 0.2) is 6.10 Å². The second-order valence-electron chi connectivity index (χ2n) is 3.84. The Kier molecular flexibility index (Phi) is 3.37. The van der Waals surface area contributed by atoms with Crippen LogP contribution in [0.15, 0.2) is 24.4 Å². The van der Waals surface area contributed by atoms with Crippen molar-refractivity contribution in [2.24, 2.45) is 0 Å². The lowest BCUT2D eigenvalue weighted by Crippen LogP contribution is -2.33. The van der Waals surface area contributed by atoms with Crippen molar-refractivity contribution in [3.63, 3.8) is 0 Å². The fourth-order valence-corrected chi connectivity index (χ4v) is 1.73. The van der Waals surface area contributed by atoms with Crippen LogP contribution in [-0.2, 0) is 16.0 Å². The van der Waals surface area contributed by atoms with Gasteiger partial charge in [0.25, 0.3) is 5.91 Å². The van der Waals surface area contributed by atoms with E-state index in [0.717, 1.165) is 10.6 Å². The summed E-state index contributed by atoms with van der Waals surface area (Å²) in [5.74, 6) is -0.242. The summed E-state index contributed by atoms with van der Waals surface area (Å²) in [6, 6.07) is 5.57. The second kappa shape index (κ2) is 4.95. The molecule has 17 heavy (non-hydrogen) atoms. The summed E-state index contributed by atoms with van der Waals surface area (Å²) in [5.41, 5.74) is 0.855. The van der Waals surface area contributed by atoms with Crippen molar-refractivity contribution < 1.29 is 14.3 Å². The Labute approximate surface area is 99.4 Å². The summed E-state index contributed by atoms with van der Waals surface area (Å²) in [6.07, 6.45) is 1.61. The molecule has 1 fully saturated rings. The Hall–Kier alpha value is -1.91. The smallest absolute Gasteiger partial charge is 0.417 e. The largest absolute Gasteiger partial charge is 0.436 e. The van der Waals surface area contributed by atoms with Gasteiger partial charge in [0, 0.05) is 24.9 Å². The van der Waals surface area contributed by atoms with Gasteiger partial charge in [-0.3, -0.25) is 9.78 Å². The second-order valence-corrected chi connectivity index (χ2v) is 3.84. The Morgan fingerprint density at radius 3 is 2.82 bits per heavy atom. The molecule has 2 heterocycles. The van der Waals surface area contributed by atoms with E-state index in [-0.39, 0.29) is 5.91 Å². The molecule has 2 rings (SSSR count). The minimum Gasteiger partial charge on any atom is -0.436 e. The molecule has 2 amide bonds. The highest BCUT2D eigenvalue weighted by molar-refractivity contribution is 5.99. The Morgan fingerprint density at radius 2 is 2.24 bits per heavy atom. The van der Waals surface area contributed by atoms with Gasteiger partial charge in [-0.2, -0.15) is 0 Å². The molecule has 1 unspecified atom stereocenters. The zero-order valence-electron chi connectivity index (χ0n) is 9.63. The van der Waals surface area contributed by atoms with Gasteiger partial charge < -0.3 is 4.74 Å². The van der Waals surface area contributed by atoms with Crippen LogP contribution in [0.1, 0.15) is 19.0 Å². The normalized spacial score (nSPS) is 19.6. The predicted octanol–water partition coefficient (Wildman–Crippen LogP) is 1.38. The van der Waals surface area contributed by atoms with Gasteiger partial charge in [-0.25, -0.2) is 9.69 Å². The SMILES string of the molecule is CCC1OC(=O)N(CCc2ccccn2)C1=O. The van der Waals surface area contributed by atoms with E-state index >= 15 is 0 Å². The van der Waals surface area contributed by atoms with E-state index in [2.05, 4.69) is 4.98 Å². The summed E-state index contributed by atoms with van der Waals surface area (Å²) >= 11 is 0. The van der Waals surface area contributed by atoms with Crippen LogP contribution in [0.25, 0.3) is 0 Å². The summed E-state index contributed by atoms with van der Waals surface area (Å²) in [6.45, 7) is 2.14. The molecule has 1 atom stereocenters. The van der Waals surface area contributed by atoms with Gasteiger partial charge in [0.05, 0.1) is 0 Å². The molecule has 0 bridgehead atoms. The van der Waals surface area contributed by atoms with Crippen LogP contribution in [0.4, 0.5) is 4.79 Å². The third-order valence-electron chi connectivity index (χ3n) is 2.69. The van der Waals surface area contributed by atoms with Crippen molar-refractivity contribution in [3.05, 3.63) is 30.1 Å². The molecule has 0 N–H and O–H groups in total. The number of carbonyl (C=O) groups excluding carboxylic acids is 2. The number of carbonyl (C=O) groups is 2. The number of pyridine rings is 1. The maximum absolute atomic E-state index is 11.7. The maximum Gasteiger partial charge on any atom is 0.417 e. The third-order valence-corrected chi connectivity index (χ3v) is 2.69. The maximum atomic E-state index is 11.7. The van der Waals surface area contributed by atoms with Crippen LogP contribution >= 0.6 is 0 Å². The van der Waals surface area contributed by atoms with Crippen LogP contribution in [0, 0.1) is 0 Å². The molecule has 1 saturated heterocycles. The Balaban J connectivity index is 1.96. The lowest BCUT2D eigenvalue weighted by atomic mass is 10.2. The molecular weight excluding hydrogens is 220 g/mol. The van der Waals surface area contributed by atoms with Crippen molar-refractivity contribution in [1.29, 1.82) is 0 Å². The van der Waals surface area contributed by atoms with E-state index in [1.165, 1.54) is 0 Å². The van der Waals surface area contributed by atoms with Crippen LogP contribution in [0.3, 0.4) is 0 Å². The van der Waals surface area contributed by atoms with Crippen molar-refractivity contribution in [1.82, 2.24) is 9.88 Å². The van der Waals surface area contributed by atoms with E-state index in [9.17, 15) is 9.59 Å². The predicted molar refractivity (Wildman–Crippen MR) is 60.2 cm³/mol. The highest BCUT2D eigenvalue weighted by atomic mass is 16.6. The minimum atomic E-state index is -0.605. The van der Waals surface area contributed by atoms with Gasteiger partial charge in [-0.1, -0.05) is 13.0 Å². The monoisotopic (exact) mass is 234 g/mol. The molecule has 0 aliphatic carbocycles. The number of hydrogen-bond donors (Lipinski definition) is 0. The van der Waals surface area contributed by atoms with Crippen LogP contribution in [0.5, 0.6) is 0 Å². The molecule has 5 heteroatoms. The first-order valence-electron chi connectivity index (χ1n) is 5.64. The number of cyclic esters (lactones) is 1. The zero-order chi connectivity index (χ0) is 12.3. The molecule has 0 spiro atoms. The number of nitrogens with zero attached hydrogens (tertiary/aromatic N) is 2. The zero-order valence-corrected chi connectivity index (χ0v) is 9.63. The third kappa shape index (κ3) is 2.43. The number of aromatic nitrogens is 1. The molecule has 1 aliphatic heterocycles. The molecule has 0 saturated carbocycles. The standard InChI is InChI=1S/C12H14N2O3/c1-2-10-11(15)14(12(16)17-10)8-6-9-5-3-4-7-13-9/h3-5,7,10H,2,6,8H2,1H3. The van der Waals surface area contributed by atoms with E-state index in [1.54, 1.807) is 6.20 Å². The fourth-order valence-electron chi connectivity index (χ4n) is 1.73. The summed E-state index contributed by atoms with van der Waals surface area (Å²) in [5, 5.41) is 0. The molecule has 0 aromatic carbocycles. The molecule has 1 aliphatic rings. The lowest BCUT2D eigenvalue weighted by molar-refractivity contribution is -0.129. The van der Waals surface area contributed by atoms with E-state index in [4.69, 9.17) is 4.74 Å². The van der Waals surface area contributed by atoms with E-state index < -0.39 is 12.2 Å². The van der Waals surface area contributed by atoms with Gasteiger partial charge in [0.1, 0.15) is 0 Å². The summed E-state index contributed by atoms with van der Waals surface area (Å²) in [4.78, 5) is 28.5. The van der Waals surface area contributed by atoms with Crippen LogP contribution in [-0.4, -0.2) is 34.5 Å². The molecular formula is C12H14N2O3. The summed E-state index contributed by atoms with van der Waals surface area (Å²) < 4.78 is 4.94. The average Bonchev–Trinajstić information content (AvgIpc) is 2.63. The van der Waals surface area contributed by atoms with E-state index in [1.807, 2.05) is 25.1 Å². The number of amides is 2. The molecule has 1 aromatic heterocycles. The fraction of sp³-hybridized carbons (Fsp3) is 0.417. The Bertz CT molecular complexity index is 419. The number of imide groups is 1. The molecule has 0 radical (unpaired) electrons. The number of hydrogen-bond acceptors (Lipinski definition) is 4. The molecule has 90 valence electrons. The molecule has 1 aromatic rings. The van der Waals surface area contributed by atoms with Crippen molar-refractivity contribution in [2.45, 2.75) is 25.9 Å². The van der Waals surface area contributed by atoms with Gasteiger partial charge in [-0.05, 0) is 18.6 Å². The van der Waals surface area contributed by atoms with Gasteiger partial charge in [-0.15, -0.1) is 0 Å². The first-order valence-corrected chi connectivity index (χ1v) is 5.64. The molecule has 5 nitrogen and oxygen atoms in total. The van der Waals surface area contributed by atoms with Crippen molar-refractivity contribution in [3.8, 4) is 0 Å². The Morgan fingerprint density at radius 1 is 1.41 bits per heavy atom. The minimum absolute atomic E-state index is 0.242. The first-order chi connectivity index (χ1) is 8.22. The highest BCUT2D eigenvalue weighted by Crippen LogP contribution is 2.15. The van der Waals surface area contributed by atoms with Crippen molar-refractivity contribution in [2.75, 3.05) is 6.54 Å². The van der Waals surface area contributed by atoms with Gasteiger partial charge in [0.2, 0.25) is 0 Å². The van der Waals surface area contributed by atoms with Crippen LogP contribution < -0.4 is 0 Å². The highest BCUT2D eigenvalue weighted by Gasteiger charge is 2.38. The lowest BCUT2D eigenvalue weighted by Gasteiger charge is -2.10.